The van der Waals surface area contributed by atoms with Crippen LogP contribution in [0.15, 0.2) is 12.3 Å². The van der Waals surface area contributed by atoms with Gasteiger partial charge in [-0.05, 0) is 13.3 Å². The Morgan fingerprint density at radius 3 is 2.38 bits per heavy atom. The highest BCUT2D eigenvalue weighted by Crippen LogP contribution is 2.26. The van der Waals surface area contributed by atoms with Gasteiger partial charge in [-0.25, -0.2) is 0 Å². The second-order valence-electron chi connectivity index (χ2n) is 2.53. The molecule has 1 saturated heterocycles. The maximum absolute atomic E-state index is 5.28. The Kier molecular flexibility index (Phi) is 1.28. The molecule has 0 saturated carbocycles. The summed E-state index contributed by atoms with van der Waals surface area (Å²) in [6, 6.07) is 0. The van der Waals surface area contributed by atoms with Crippen LogP contribution in [0.3, 0.4) is 0 Å². The van der Waals surface area contributed by atoms with Crippen LogP contribution in [0.25, 0.3) is 0 Å². The van der Waals surface area contributed by atoms with Gasteiger partial charge in [0.05, 0.1) is 11.9 Å². The van der Waals surface area contributed by atoms with Crippen LogP contribution in [0, 0.1) is 5.92 Å². The fourth-order valence-corrected chi connectivity index (χ4v) is 1.05. The summed E-state index contributed by atoms with van der Waals surface area (Å²) in [4.78, 5) is 0. The van der Waals surface area contributed by atoms with Crippen molar-refractivity contribution in [2.24, 2.45) is 5.92 Å². The molecule has 1 heterocycles. The molecule has 0 N–H and O–H groups in total. The highest BCUT2D eigenvalue weighted by molar-refractivity contribution is 4.95. The highest BCUT2D eigenvalue weighted by atomic mass is 16.5. The summed E-state index contributed by atoms with van der Waals surface area (Å²) in [6.07, 6.45) is 1.54. The summed E-state index contributed by atoms with van der Waals surface area (Å²) in [6.45, 7) is 7.99. The molecule has 2 unspecified atom stereocenters. The van der Waals surface area contributed by atoms with Crippen molar-refractivity contribution in [2.45, 2.75) is 26.4 Å². The minimum atomic E-state index is 0.400. The molecule has 8 heavy (non-hydrogen) atoms. The van der Waals surface area contributed by atoms with E-state index < -0.39 is 0 Å². The summed E-state index contributed by atoms with van der Waals surface area (Å²) in [5, 5.41) is 0. The Morgan fingerprint density at radius 1 is 1.62 bits per heavy atom. The predicted octanol–water partition coefficient (Wildman–Crippen LogP) is 1.95. The van der Waals surface area contributed by atoms with Gasteiger partial charge in [0.25, 0.3) is 0 Å². The molecule has 1 aliphatic heterocycles. The average molecular weight is 112 g/mol. The molecular weight excluding hydrogens is 100 g/mol. The largest absolute Gasteiger partial charge is 0.495 e. The van der Waals surface area contributed by atoms with Crippen molar-refractivity contribution in [1.82, 2.24) is 0 Å². The SMILES string of the molecule is C=C1OC(C)CC1C. The lowest BCUT2D eigenvalue weighted by atomic mass is 10.1. The third-order valence-corrected chi connectivity index (χ3v) is 1.59. The molecule has 1 heteroatoms. The molecule has 1 aliphatic rings. The second kappa shape index (κ2) is 1.81. The van der Waals surface area contributed by atoms with E-state index >= 15 is 0 Å². The minimum Gasteiger partial charge on any atom is -0.495 e. The third-order valence-electron chi connectivity index (χ3n) is 1.59. The lowest BCUT2D eigenvalue weighted by Crippen LogP contribution is -1.94. The quantitative estimate of drug-likeness (QED) is 0.465. The van der Waals surface area contributed by atoms with Gasteiger partial charge in [0.2, 0.25) is 0 Å². The van der Waals surface area contributed by atoms with E-state index in [0.717, 1.165) is 12.2 Å². The Labute approximate surface area is 50.3 Å². The molecular formula is C7H12O. The van der Waals surface area contributed by atoms with E-state index in [1.54, 1.807) is 0 Å². The number of ether oxygens (including phenoxy) is 1. The molecule has 0 amide bonds. The standard InChI is InChI=1S/C7H12O/c1-5-4-6(2)8-7(5)3/h5-6H,3-4H2,1-2H3. The summed E-state index contributed by atoms with van der Waals surface area (Å²) in [5.41, 5.74) is 0. The summed E-state index contributed by atoms with van der Waals surface area (Å²) in [7, 11) is 0. The van der Waals surface area contributed by atoms with E-state index in [2.05, 4.69) is 20.4 Å². The smallest absolute Gasteiger partial charge is 0.0961 e. The average Bonchev–Trinajstić information content (AvgIpc) is 1.85. The highest BCUT2D eigenvalue weighted by Gasteiger charge is 2.21. The summed E-state index contributed by atoms with van der Waals surface area (Å²) < 4.78 is 5.28. The maximum atomic E-state index is 5.28. The number of allylic oxidation sites excluding steroid dienone is 1. The van der Waals surface area contributed by atoms with Gasteiger partial charge in [0.1, 0.15) is 0 Å². The Hall–Kier alpha value is -0.460. The zero-order valence-corrected chi connectivity index (χ0v) is 5.48. The van der Waals surface area contributed by atoms with Crippen molar-refractivity contribution < 1.29 is 4.74 Å². The van der Waals surface area contributed by atoms with Gasteiger partial charge in [0, 0.05) is 5.92 Å². The van der Waals surface area contributed by atoms with E-state index in [0.29, 0.717) is 12.0 Å². The first-order valence-corrected chi connectivity index (χ1v) is 3.05. The number of hydrogen-bond acceptors (Lipinski definition) is 1. The van der Waals surface area contributed by atoms with Crippen LogP contribution in [-0.4, -0.2) is 6.10 Å². The number of rotatable bonds is 0. The van der Waals surface area contributed by atoms with Gasteiger partial charge in [-0.3, -0.25) is 0 Å². The van der Waals surface area contributed by atoms with Crippen molar-refractivity contribution in [3.05, 3.63) is 12.3 Å². The Morgan fingerprint density at radius 2 is 2.25 bits per heavy atom. The molecule has 0 aromatic heterocycles. The molecule has 1 nitrogen and oxygen atoms in total. The van der Waals surface area contributed by atoms with Gasteiger partial charge >= 0.3 is 0 Å². The lowest BCUT2D eigenvalue weighted by molar-refractivity contribution is 0.178. The van der Waals surface area contributed by atoms with Gasteiger partial charge < -0.3 is 4.74 Å². The molecule has 1 fully saturated rings. The molecule has 0 spiro atoms. The third kappa shape index (κ3) is 0.857. The maximum Gasteiger partial charge on any atom is 0.0961 e. The first-order chi connectivity index (χ1) is 3.70. The van der Waals surface area contributed by atoms with Crippen molar-refractivity contribution in [2.75, 3.05) is 0 Å². The first kappa shape index (κ1) is 5.67. The summed E-state index contributed by atoms with van der Waals surface area (Å²) >= 11 is 0. The zero-order chi connectivity index (χ0) is 6.15. The van der Waals surface area contributed by atoms with E-state index in [9.17, 15) is 0 Å². The fraction of sp³-hybridized carbons (Fsp3) is 0.714. The van der Waals surface area contributed by atoms with Gasteiger partial charge in [-0.15, -0.1) is 0 Å². The van der Waals surface area contributed by atoms with E-state index in [1.165, 1.54) is 0 Å². The molecule has 0 radical (unpaired) electrons. The van der Waals surface area contributed by atoms with Crippen molar-refractivity contribution in [3.8, 4) is 0 Å². The zero-order valence-electron chi connectivity index (χ0n) is 5.48. The lowest BCUT2D eigenvalue weighted by Gasteiger charge is -2.00. The van der Waals surface area contributed by atoms with Crippen LogP contribution in [0.1, 0.15) is 20.3 Å². The summed E-state index contributed by atoms with van der Waals surface area (Å²) in [5.74, 6) is 1.53. The monoisotopic (exact) mass is 112 g/mol. The minimum absolute atomic E-state index is 0.400. The molecule has 46 valence electrons. The Bertz CT molecular complexity index is 107. The molecule has 1 rings (SSSR count). The van der Waals surface area contributed by atoms with E-state index in [4.69, 9.17) is 4.74 Å². The second-order valence-corrected chi connectivity index (χ2v) is 2.53. The van der Waals surface area contributed by atoms with Crippen LogP contribution in [0.2, 0.25) is 0 Å². The van der Waals surface area contributed by atoms with Gasteiger partial charge in [0.15, 0.2) is 0 Å². The normalized spacial score (nSPS) is 37.5. The van der Waals surface area contributed by atoms with Gasteiger partial charge in [-0.1, -0.05) is 13.5 Å². The van der Waals surface area contributed by atoms with Crippen molar-refractivity contribution in [3.63, 3.8) is 0 Å². The predicted molar refractivity (Wildman–Crippen MR) is 33.5 cm³/mol. The van der Waals surface area contributed by atoms with Crippen molar-refractivity contribution in [1.29, 1.82) is 0 Å². The molecule has 0 aliphatic carbocycles. The first-order valence-electron chi connectivity index (χ1n) is 3.05. The van der Waals surface area contributed by atoms with Crippen LogP contribution < -0.4 is 0 Å². The molecule has 0 aromatic carbocycles. The number of hydrogen-bond donors (Lipinski definition) is 0. The van der Waals surface area contributed by atoms with E-state index in [1.807, 2.05) is 0 Å². The van der Waals surface area contributed by atoms with Crippen LogP contribution in [-0.2, 0) is 4.74 Å². The molecule has 2 atom stereocenters. The topological polar surface area (TPSA) is 9.23 Å². The Balaban J connectivity index is 2.51. The van der Waals surface area contributed by atoms with Crippen LogP contribution in [0.4, 0.5) is 0 Å². The van der Waals surface area contributed by atoms with E-state index in [-0.39, 0.29) is 0 Å². The molecule has 0 bridgehead atoms. The van der Waals surface area contributed by atoms with Crippen molar-refractivity contribution >= 4 is 0 Å². The van der Waals surface area contributed by atoms with Gasteiger partial charge in [-0.2, -0.15) is 0 Å². The van der Waals surface area contributed by atoms with Crippen LogP contribution >= 0.6 is 0 Å². The fourth-order valence-electron chi connectivity index (χ4n) is 1.05. The van der Waals surface area contributed by atoms with Crippen LogP contribution in [0.5, 0.6) is 0 Å². The molecule has 0 aromatic rings.